The number of nitrogens with zero attached hydrogens (tertiary/aromatic N) is 2. The molecule has 214 valence electrons. The van der Waals surface area contributed by atoms with E-state index in [0.29, 0.717) is 23.5 Å². The molecule has 0 aliphatic rings. The van der Waals surface area contributed by atoms with Crippen molar-refractivity contribution in [2.45, 2.75) is 31.9 Å². The number of hydrogen-bond acceptors (Lipinski definition) is 8. The van der Waals surface area contributed by atoms with E-state index in [1.54, 1.807) is 13.0 Å². The van der Waals surface area contributed by atoms with Gasteiger partial charge in [-0.1, -0.05) is 32.0 Å². The van der Waals surface area contributed by atoms with Gasteiger partial charge in [0.1, 0.15) is 34.9 Å². The number of aromatic nitrogens is 2. The lowest BCUT2D eigenvalue weighted by molar-refractivity contribution is 0.0973. The van der Waals surface area contributed by atoms with E-state index in [0.717, 1.165) is 0 Å². The first kappa shape index (κ1) is 29.4. The number of rotatable bonds is 10. The fourth-order valence-electron chi connectivity index (χ4n) is 3.70. The summed E-state index contributed by atoms with van der Waals surface area (Å²) >= 11 is 0. The van der Waals surface area contributed by atoms with Crippen molar-refractivity contribution in [1.82, 2.24) is 14.7 Å². The molecular formula is C29H28F2N4O5S. The molecule has 0 saturated carbocycles. The van der Waals surface area contributed by atoms with Gasteiger partial charge in [-0.15, -0.1) is 0 Å². The summed E-state index contributed by atoms with van der Waals surface area (Å²) in [6, 6.07) is 16.3. The Hall–Kier alpha value is -4.58. The van der Waals surface area contributed by atoms with Crippen LogP contribution in [0.1, 0.15) is 42.8 Å². The first-order valence-electron chi connectivity index (χ1n) is 12.6. The van der Waals surface area contributed by atoms with Gasteiger partial charge in [-0.25, -0.2) is 23.5 Å². The number of nitrogens with one attached hydrogen (secondary N) is 1. The average Bonchev–Trinajstić information content (AvgIpc) is 2.91. The second-order valence-electron chi connectivity index (χ2n) is 9.58. The van der Waals surface area contributed by atoms with E-state index < -0.39 is 38.7 Å². The summed E-state index contributed by atoms with van der Waals surface area (Å²) in [7, 11) is -4.40. The van der Waals surface area contributed by atoms with Crippen LogP contribution in [0.25, 0.3) is 11.3 Å². The van der Waals surface area contributed by atoms with Crippen molar-refractivity contribution in [3.8, 4) is 22.9 Å². The standard InChI is InChI=1S/C29H28F2N4O5S/c1-17(2)16-39-23-14-20(13-22(31)15-23)25-12-11-24(28(36)35-41(37,38)27-6-4-5-26(32)34-27)29(33-25)40-18(3)19-7-9-21(30)10-8-19/h4-15,17-18H,16H2,1-3H3,(H2,32,34)(H,35,36). The van der Waals surface area contributed by atoms with E-state index >= 15 is 0 Å². The highest BCUT2D eigenvalue weighted by molar-refractivity contribution is 7.90. The number of nitrogen functional groups attached to an aromatic ring is 1. The van der Waals surface area contributed by atoms with Crippen LogP contribution in [0.15, 0.2) is 77.8 Å². The van der Waals surface area contributed by atoms with Crippen LogP contribution in [0.4, 0.5) is 14.6 Å². The molecule has 0 radical (unpaired) electrons. The summed E-state index contributed by atoms with van der Waals surface area (Å²) in [5.74, 6) is -1.83. The van der Waals surface area contributed by atoms with E-state index in [4.69, 9.17) is 15.2 Å². The van der Waals surface area contributed by atoms with E-state index in [1.165, 1.54) is 66.7 Å². The molecule has 1 atom stereocenters. The van der Waals surface area contributed by atoms with Gasteiger partial charge < -0.3 is 15.2 Å². The monoisotopic (exact) mass is 582 g/mol. The predicted octanol–water partition coefficient (Wildman–Crippen LogP) is 5.30. The topological polar surface area (TPSA) is 134 Å². The van der Waals surface area contributed by atoms with Crippen LogP contribution in [0.5, 0.6) is 11.6 Å². The Kier molecular flexibility index (Phi) is 8.82. The summed E-state index contributed by atoms with van der Waals surface area (Å²) in [5.41, 5.74) is 6.51. The summed E-state index contributed by atoms with van der Waals surface area (Å²) in [5, 5.41) is -0.453. The van der Waals surface area contributed by atoms with E-state index in [-0.39, 0.29) is 28.9 Å². The molecule has 0 fully saturated rings. The van der Waals surface area contributed by atoms with E-state index in [2.05, 4.69) is 9.97 Å². The van der Waals surface area contributed by atoms with Gasteiger partial charge in [0.05, 0.1) is 12.3 Å². The number of halogens is 2. The van der Waals surface area contributed by atoms with Crippen LogP contribution < -0.4 is 19.9 Å². The number of ether oxygens (including phenoxy) is 2. The third kappa shape index (κ3) is 7.54. The lowest BCUT2D eigenvalue weighted by atomic mass is 10.1. The number of benzene rings is 2. The van der Waals surface area contributed by atoms with Gasteiger partial charge in [-0.2, -0.15) is 8.42 Å². The number of carbonyl (C=O) groups is 1. The van der Waals surface area contributed by atoms with Gasteiger partial charge in [0.25, 0.3) is 15.9 Å². The first-order valence-corrected chi connectivity index (χ1v) is 14.1. The summed E-state index contributed by atoms with van der Waals surface area (Å²) < 4.78 is 67.2. The molecule has 0 aliphatic heterocycles. The van der Waals surface area contributed by atoms with E-state index in [9.17, 15) is 22.0 Å². The van der Waals surface area contributed by atoms with Gasteiger partial charge in [-0.3, -0.25) is 4.79 Å². The Morgan fingerprint density at radius 2 is 1.68 bits per heavy atom. The molecule has 41 heavy (non-hydrogen) atoms. The minimum Gasteiger partial charge on any atom is -0.493 e. The van der Waals surface area contributed by atoms with Gasteiger partial charge in [0, 0.05) is 11.6 Å². The van der Waals surface area contributed by atoms with Gasteiger partial charge in [-0.05, 0) is 66.9 Å². The average molecular weight is 583 g/mol. The van der Waals surface area contributed by atoms with Crippen molar-refractivity contribution in [3.63, 3.8) is 0 Å². The highest BCUT2D eigenvalue weighted by Crippen LogP contribution is 2.30. The quantitative estimate of drug-likeness (QED) is 0.257. The smallest absolute Gasteiger partial charge is 0.281 e. The van der Waals surface area contributed by atoms with Crippen molar-refractivity contribution in [2.24, 2.45) is 5.92 Å². The summed E-state index contributed by atoms with van der Waals surface area (Å²) in [4.78, 5) is 21.4. The number of hydrogen-bond donors (Lipinski definition) is 2. The molecule has 4 rings (SSSR count). The molecule has 2 aromatic heterocycles. The third-order valence-corrected chi connectivity index (χ3v) is 6.96. The Morgan fingerprint density at radius 1 is 0.951 bits per heavy atom. The van der Waals surface area contributed by atoms with Gasteiger partial charge in [0.2, 0.25) is 5.88 Å². The third-order valence-electron chi connectivity index (χ3n) is 5.73. The highest BCUT2D eigenvalue weighted by atomic mass is 32.2. The predicted molar refractivity (Wildman–Crippen MR) is 149 cm³/mol. The molecule has 0 saturated heterocycles. The Balaban J connectivity index is 1.72. The molecule has 3 N–H and O–H groups in total. The Labute approximate surface area is 236 Å². The van der Waals surface area contributed by atoms with Crippen molar-refractivity contribution in [2.75, 3.05) is 12.3 Å². The number of carbonyl (C=O) groups excluding carboxylic acids is 1. The molecule has 0 spiro atoms. The lowest BCUT2D eigenvalue weighted by Gasteiger charge is -2.18. The maximum absolute atomic E-state index is 14.5. The molecule has 0 bridgehead atoms. The lowest BCUT2D eigenvalue weighted by Crippen LogP contribution is -2.32. The second-order valence-corrected chi connectivity index (χ2v) is 11.2. The second kappa shape index (κ2) is 12.3. The van der Waals surface area contributed by atoms with Crippen molar-refractivity contribution < 1.29 is 31.5 Å². The molecule has 2 heterocycles. The largest absolute Gasteiger partial charge is 0.493 e. The fourth-order valence-corrected chi connectivity index (χ4v) is 4.64. The van der Waals surface area contributed by atoms with Crippen molar-refractivity contribution in [3.05, 3.63) is 95.6 Å². The van der Waals surface area contributed by atoms with Crippen LogP contribution in [0, 0.1) is 17.6 Å². The maximum atomic E-state index is 14.5. The molecule has 0 aliphatic carbocycles. The normalized spacial score (nSPS) is 12.1. The van der Waals surface area contributed by atoms with Crippen LogP contribution in [-0.2, 0) is 10.0 Å². The minimum absolute atomic E-state index is 0.0460. The number of pyridine rings is 2. The van der Waals surface area contributed by atoms with E-state index in [1.807, 2.05) is 18.6 Å². The Bertz CT molecular complexity index is 1660. The van der Waals surface area contributed by atoms with Crippen molar-refractivity contribution >= 4 is 21.7 Å². The fraction of sp³-hybridized carbons (Fsp3) is 0.207. The van der Waals surface area contributed by atoms with Crippen LogP contribution in [0.2, 0.25) is 0 Å². The van der Waals surface area contributed by atoms with Crippen molar-refractivity contribution in [1.29, 1.82) is 0 Å². The molecule has 9 nitrogen and oxygen atoms in total. The molecule has 1 unspecified atom stereocenters. The molecular weight excluding hydrogens is 554 g/mol. The number of nitrogens with two attached hydrogens (primary N) is 1. The Morgan fingerprint density at radius 3 is 2.37 bits per heavy atom. The molecule has 12 heteroatoms. The molecule has 4 aromatic rings. The zero-order valence-electron chi connectivity index (χ0n) is 22.5. The summed E-state index contributed by atoms with van der Waals surface area (Å²) in [6.45, 7) is 5.94. The SMILES string of the molecule is CC(C)COc1cc(F)cc(-c2ccc(C(=O)NS(=O)(=O)c3cccc(N)n3)c(OC(C)c3ccc(F)cc3)n2)c1. The number of amides is 1. The minimum atomic E-state index is -4.40. The first-order chi connectivity index (χ1) is 19.4. The van der Waals surface area contributed by atoms with Crippen LogP contribution in [-0.4, -0.2) is 30.9 Å². The zero-order valence-corrected chi connectivity index (χ0v) is 23.3. The number of sulfonamides is 1. The highest BCUT2D eigenvalue weighted by Gasteiger charge is 2.25. The summed E-state index contributed by atoms with van der Waals surface area (Å²) in [6.07, 6.45) is -0.727. The molecule has 1 amide bonds. The maximum Gasteiger partial charge on any atom is 0.281 e. The zero-order chi connectivity index (χ0) is 29.7. The number of anilines is 1. The van der Waals surface area contributed by atoms with Crippen LogP contribution >= 0.6 is 0 Å². The van der Waals surface area contributed by atoms with Crippen LogP contribution in [0.3, 0.4) is 0 Å². The van der Waals surface area contributed by atoms with Gasteiger partial charge in [0.15, 0.2) is 5.03 Å². The van der Waals surface area contributed by atoms with Gasteiger partial charge >= 0.3 is 0 Å². The molecule has 2 aromatic carbocycles.